The van der Waals surface area contributed by atoms with Gasteiger partial charge in [-0.1, -0.05) is 29.8 Å². The minimum absolute atomic E-state index is 0.284. The summed E-state index contributed by atoms with van der Waals surface area (Å²) in [7, 11) is 0. The zero-order valence-electron chi connectivity index (χ0n) is 12.6. The summed E-state index contributed by atoms with van der Waals surface area (Å²) >= 11 is 3.52. The monoisotopic (exact) mass is 337 g/mol. The van der Waals surface area contributed by atoms with Crippen LogP contribution in [-0.2, 0) is 13.0 Å². The van der Waals surface area contributed by atoms with Crippen LogP contribution in [0.4, 0.5) is 0 Å². The van der Waals surface area contributed by atoms with E-state index in [4.69, 9.17) is 10.7 Å². The van der Waals surface area contributed by atoms with Crippen LogP contribution in [0.2, 0.25) is 0 Å². The Morgan fingerprint density at radius 2 is 2.05 bits per heavy atom. The van der Waals surface area contributed by atoms with E-state index in [-0.39, 0.29) is 5.41 Å². The van der Waals surface area contributed by atoms with Gasteiger partial charge in [-0.05, 0) is 49.9 Å². The van der Waals surface area contributed by atoms with E-state index in [1.165, 1.54) is 11.3 Å². The Labute approximate surface area is 129 Å². The third-order valence-electron chi connectivity index (χ3n) is 3.95. The number of halogens is 1. The Morgan fingerprint density at radius 1 is 1.30 bits per heavy atom. The van der Waals surface area contributed by atoms with E-state index >= 15 is 0 Å². The fourth-order valence-corrected chi connectivity index (χ4v) is 3.01. The molecule has 0 aliphatic heterocycles. The molecule has 2 aromatic rings. The molecule has 1 aromatic heterocycles. The highest BCUT2D eigenvalue weighted by Gasteiger charge is 2.19. The zero-order valence-corrected chi connectivity index (χ0v) is 14.2. The van der Waals surface area contributed by atoms with Crippen LogP contribution in [0.1, 0.15) is 39.4 Å². The predicted octanol–water partition coefficient (Wildman–Crippen LogP) is 4.13. The summed E-state index contributed by atoms with van der Waals surface area (Å²) < 4.78 is 3.40. The number of fused-ring (bicyclic) bond motifs is 1. The van der Waals surface area contributed by atoms with E-state index in [1.54, 1.807) is 0 Å². The van der Waals surface area contributed by atoms with Crippen LogP contribution in [0.15, 0.2) is 22.7 Å². The molecule has 0 atom stereocenters. The third-order valence-corrected chi connectivity index (χ3v) is 4.45. The van der Waals surface area contributed by atoms with Crippen molar-refractivity contribution in [2.75, 3.05) is 6.54 Å². The number of aromatic nitrogens is 2. The van der Waals surface area contributed by atoms with E-state index in [0.717, 1.165) is 42.3 Å². The molecule has 0 saturated heterocycles. The molecule has 0 saturated carbocycles. The summed E-state index contributed by atoms with van der Waals surface area (Å²) in [6, 6.07) is 6.32. The highest BCUT2D eigenvalue weighted by molar-refractivity contribution is 9.10. The number of rotatable bonds is 6. The molecule has 3 nitrogen and oxygen atoms in total. The molecule has 4 heteroatoms. The van der Waals surface area contributed by atoms with Crippen molar-refractivity contribution in [2.45, 2.75) is 46.6 Å². The van der Waals surface area contributed by atoms with Gasteiger partial charge in [0.05, 0.1) is 11.0 Å². The molecule has 0 fully saturated rings. The maximum Gasteiger partial charge on any atom is 0.109 e. The maximum atomic E-state index is 5.69. The average Bonchev–Trinajstić information content (AvgIpc) is 2.73. The fraction of sp³-hybridized carbons (Fsp3) is 0.562. The van der Waals surface area contributed by atoms with Gasteiger partial charge in [0.25, 0.3) is 0 Å². The summed E-state index contributed by atoms with van der Waals surface area (Å²) in [6.07, 6.45) is 3.19. The molecule has 0 aliphatic rings. The molecule has 2 rings (SSSR count). The van der Waals surface area contributed by atoms with Crippen molar-refractivity contribution in [2.24, 2.45) is 11.1 Å². The highest BCUT2D eigenvalue weighted by atomic mass is 79.9. The molecular formula is C16H24BrN3. The maximum absolute atomic E-state index is 5.69. The molecular weight excluding hydrogens is 314 g/mol. The lowest BCUT2D eigenvalue weighted by molar-refractivity contribution is 0.309. The van der Waals surface area contributed by atoms with Crippen LogP contribution >= 0.6 is 15.9 Å². The summed E-state index contributed by atoms with van der Waals surface area (Å²) in [5, 5.41) is 0. The number of nitrogens with zero attached hydrogens (tertiary/aromatic N) is 2. The standard InChI is InChI=1S/C16H24BrN3/c1-4-20-14-6-5-12(17)11-13(14)19-15(20)7-8-16(2,3)9-10-18/h5-6,11H,4,7-10,18H2,1-3H3. The molecule has 0 aliphatic carbocycles. The van der Waals surface area contributed by atoms with E-state index in [1.807, 2.05) is 0 Å². The van der Waals surface area contributed by atoms with Crippen LogP contribution in [0.3, 0.4) is 0 Å². The minimum atomic E-state index is 0.284. The highest BCUT2D eigenvalue weighted by Crippen LogP contribution is 2.28. The summed E-state index contributed by atoms with van der Waals surface area (Å²) in [5.41, 5.74) is 8.28. The quantitative estimate of drug-likeness (QED) is 0.861. The molecule has 110 valence electrons. The van der Waals surface area contributed by atoms with E-state index in [0.29, 0.717) is 0 Å². The summed E-state index contributed by atoms with van der Waals surface area (Å²) in [6.45, 7) is 8.47. The Bertz CT molecular complexity index is 587. The number of hydrogen-bond acceptors (Lipinski definition) is 2. The molecule has 1 aromatic carbocycles. The normalized spacial score (nSPS) is 12.2. The second-order valence-corrected chi connectivity index (χ2v) is 7.02. The van der Waals surface area contributed by atoms with Gasteiger partial charge in [0, 0.05) is 17.4 Å². The third kappa shape index (κ3) is 3.41. The summed E-state index contributed by atoms with van der Waals surface area (Å²) in [4.78, 5) is 4.81. The second kappa shape index (κ2) is 6.27. The number of nitrogens with two attached hydrogens (primary N) is 1. The van der Waals surface area contributed by atoms with Crippen molar-refractivity contribution in [3.63, 3.8) is 0 Å². The number of aryl methyl sites for hydroxylation is 2. The van der Waals surface area contributed by atoms with Gasteiger partial charge in [0.15, 0.2) is 0 Å². The second-order valence-electron chi connectivity index (χ2n) is 6.11. The van der Waals surface area contributed by atoms with Gasteiger partial charge < -0.3 is 10.3 Å². The fourth-order valence-electron chi connectivity index (χ4n) is 2.66. The number of imidazole rings is 1. The van der Waals surface area contributed by atoms with Crippen molar-refractivity contribution >= 4 is 27.0 Å². The van der Waals surface area contributed by atoms with Gasteiger partial charge in [0.2, 0.25) is 0 Å². The van der Waals surface area contributed by atoms with Crippen LogP contribution in [0.25, 0.3) is 11.0 Å². The molecule has 0 spiro atoms. The van der Waals surface area contributed by atoms with Gasteiger partial charge in [0.1, 0.15) is 5.82 Å². The first-order chi connectivity index (χ1) is 9.46. The van der Waals surface area contributed by atoms with Crippen molar-refractivity contribution < 1.29 is 0 Å². The average molecular weight is 338 g/mol. The Balaban J connectivity index is 2.25. The SMILES string of the molecule is CCn1c(CCC(C)(C)CCN)nc2cc(Br)ccc21. The predicted molar refractivity (Wildman–Crippen MR) is 88.9 cm³/mol. The van der Waals surface area contributed by atoms with Crippen LogP contribution in [0, 0.1) is 5.41 Å². The minimum Gasteiger partial charge on any atom is -0.330 e. The van der Waals surface area contributed by atoms with Crippen molar-refractivity contribution in [1.29, 1.82) is 0 Å². The first-order valence-corrected chi connectivity index (χ1v) is 8.11. The summed E-state index contributed by atoms with van der Waals surface area (Å²) in [5.74, 6) is 1.19. The lowest BCUT2D eigenvalue weighted by atomic mass is 9.84. The van der Waals surface area contributed by atoms with Crippen LogP contribution in [-0.4, -0.2) is 16.1 Å². The van der Waals surface area contributed by atoms with E-state index in [2.05, 4.69) is 59.5 Å². The van der Waals surface area contributed by atoms with Gasteiger partial charge in [-0.2, -0.15) is 0 Å². The first kappa shape index (κ1) is 15.5. The molecule has 20 heavy (non-hydrogen) atoms. The number of benzene rings is 1. The van der Waals surface area contributed by atoms with Crippen molar-refractivity contribution in [1.82, 2.24) is 9.55 Å². The van der Waals surface area contributed by atoms with Gasteiger partial charge in [-0.15, -0.1) is 0 Å². The smallest absolute Gasteiger partial charge is 0.109 e. The zero-order chi connectivity index (χ0) is 14.8. The molecule has 0 amide bonds. The lowest BCUT2D eigenvalue weighted by Gasteiger charge is -2.23. The Kier molecular flexibility index (Phi) is 4.86. The Hall–Kier alpha value is -0.870. The molecule has 1 heterocycles. The lowest BCUT2D eigenvalue weighted by Crippen LogP contribution is -2.18. The Morgan fingerprint density at radius 3 is 2.70 bits per heavy atom. The van der Waals surface area contributed by atoms with E-state index < -0.39 is 0 Å². The van der Waals surface area contributed by atoms with Crippen molar-refractivity contribution in [3.05, 3.63) is 28.5 Å². The topological polar surface area (TPSA) is 43.8 Å². The van der Waals surface area contributed by atoms with Crippen LogP contribution < -0.4 is 5.73 Å². The van der Waals surface area contributed by atoms with Gasteiger partial charge in [-0.3, -0.25) is 0 Å². The van der Waals surface area contributed by atoms with Crippen molar-refractivity contribution in [3.8, 4) is 0 Å². The molecule has 0 radical (unpaired) electrons. The van der Waals surface area contributed by atoms with Gasteiger partial charge >= 0.3 is 0 Å². The van der Waals surface area contributed by atoms with Gasteiger partial charge in [-0.25, -0.2) is 4.98 Å². The molecule has 0 unspecified atom stereocenters. The van der Waals surface area contributed by atoms with Crippen LogP contribution in [0.5, 0.6) is 0 Å². The van der Waals surface area contributed by atoms with E-state index in [9.17, 15) is 0 Å². The molecule has 2 N–H and O–H groups in total. The number of hydrogen-bond donors (Lipinski definition) is 1. The largest absolute Gasteiger partial charge is 0.330 e. The molecule has 0 bridgehead atoms. The first-order valence-electron chi connectivity index (χ1n) is 7.31.